The molecular weight excluding hydrogens is 321 g/mol. The largest absolute Gasteiger partial charge is 0.418 e. The third-order valence-corrected chi connectivity index (χ3v) is 3.07. The molecule has 0 radical (unpaired) electrons. The molecule has 0 unspecified atom stereocenters. The molecule has 1 aromatic rings. The second kappa shape index (κ2) is 7.49. The van der Waals surface area contributed by atoms with Gasteiger partial charge >= 0.3 is 6.18 Å². The lowest BCUT2D eigenvalue weighted by atomic mass is 10.1. The van der Waals surface area contributed by atoms with Gasteiger partial charge < -0.3 is 10.2 Å². The molecule has 0 fully saturated rings. The van der Waals surface area contributed by atoms with Crippen LogP contribution in [0.3, 0.4) is 0 Å². The molecule has 0 aliphatic carbocycles. The van der Waals surface area contributed by atoms with Gasteiger partial charge in [0.15, 0.2) is 0 Å². The first-order valence-electron chi connectivity index (χ1n) is 6.57. The van der Waals surface area contributed by atoms with Gasteiger partial charge in [0, 0.05) is 18.5 Å². The molecule has 122 valence electrons. The number of rotatable bonds is 5. The van der Waals surface area contributed by atoms with E-state index in [9.17, 15) is 22.8 Å². The monoisotopic (exact) mass is 336 g/mol. The Bertz CT molecular complexity index is 562. The number of alkyl halides is 3. The number of hydrogen-bond acceptors (Lipinski definition) is 2. The van der Waals surface area contributed by atoms with Gasteiger partial charge in [-0.05, 0) is 24.6 Å². The summed E-state index contributed by atoms with van der Waals surface area (Å²) >= 11 is 5.56. The summed E-state index contributed by atoms with van der Waals surface area (Å²) in [5.74, 6) is -1.01. The molecule has 1 rings (SSSR count). The smallest absolute Gasteiger partial charge is 0.334 e. The molecule has 0 bridgehead atoms. The lowest BCUT2D eigenvalue weighted by Crippen LogP contribution is -2.37. The first-order valence-corrected chi connectivity index (χ1v) is 6.95. The Labute approximate surface area is 131 Å². The van der Waals surface area contributed by atoms with Crippen LogP contribution >= 0.6 is 11.6 Å². The zero-order valence-corrected chi connectivity index (χ0v) is 12.9. The second-order valence-corrected chi connectivity index (χ2v) is 5.11. The van der Waals surface area contributed by atoms with E-state index in [0.29, 0.717) is 13.0 Å². The molecule has 0 aliphatic heterocycles. The SMILES string of the molecule is CCCN(CC(=O)Nc1ccc(Cl)cc1C(F)(F)F)C(C)=O. The summed E-state index contributed by atoms with van der Waals surface area (Å²) in [5, 5.41) is 2.09. The number of nitrogens with zero attached hydrogens (tertiary/aromatic N) is 1. The quantitative estimate of drug-likeness (QED) is 0.894. The molecule has 0 aromatic heterocycles. The number of carbonyl (C=O) groups excluding carboxylic acids is 2. The number of nitrogens with one attached hydrogen (secondary N) is 1. The molecular formula is C14H16ClF3N2O2. The topological polar surface area (TPSA) is 49.4 Å². The van der Waals surface area contributed by atoms with Crippen LogP contribution in [0, 0.1) is 0 Å². The predicted molar refractivity (Wildman–Crippen MR) is 77.6 cm³/mol. The van der Waals surface area contributed by atoms with Crippen molar-refractivity contribution in [1.29, 1.82) is 0 Å². The van der Waals surface area contributed by atoms with Crippen LogP contribution in [-0.4, -0.2) is 29.8 Å². The lowest BCUT2D eigenvalue weighted by molar-refractivity contribution is -0.137. The van der Waals surface area contributed by atoms with Crippen molar-refractivity contribution in [3.63, 3.8) is 0 Å². The number of amides is 2. The summed E-state index contributed by atoms with van der Waals surface area (Å²) in [6, 6.07) is 3.08. The summed E-state index contributed by atoms with van der Waals surface area (Å²) in [7, 11) is 0. The molecule has 22 heavy (non-hydrogen) atoms. The number of halogens is 4. The molecule has 0 atom stereocenters. The van der Waals surface area contributed by atoms with E-state index in [0.717, 1.165) is 12.1 Å². The van der Waals surface area contributed by atoms with Crippen LogP contribution in [0.5, 0.6) is 0 Å². The highest BCUT2D eigenvalue weighted by Crippen LogP contribution is 2.36. The Morgan fingerprint density at radius 1 is 1.32 bits per heavy atom. The molecule has 4 nitrogen and oxygen atoms in total. The Kier molecular flexibility index (Phi) is 6.22. The van der Waals surface area contributed by atoms with E-state index < -0.39 is 17.6 Å². The fourth-order valence-corrected chi connectivity index (χ4v) is 2.01. The van der Waals surface area contributed by atoms with Gasteiger partial charge in [0.1, 0.15) is 0 Å². The van der Waals surface area contributed by atoms with Gasteiger partial charge in [0.25, 0.3) is 0 Å². The third-order valence-electron chi connectivity index (χ3n) is 2.83. The van der Waals surface area contributed by atoms with Gasteiger partial charge in [-0.15, -0.1) is 0 Å². The van der Waals surface area contributed by atoms with Crippen LogP contribution in [0.25, 0.3) is 0 Å². The first-order chi connectivity index (χ1) is 10.1. The summed E-state index contributed by atoms with van der Waals surface area (Å²) in [6.07, 6.45) is -4.00. The fraction of sp³-hybridized carbons (Fsp3) is 0.429. The average Bonchev–Trinajstić information content (AvgIpc) is 2.39. The van der Waals surface area contributed by atoms with Gasteiger partial charge in [0.2, 0.25) is 11.8 Å². The van der Waals surface area contributed by atoms with E-state index in [-0.39, 0.29) is 23.2 Å². The van der Waals surface area contributed by atoms with Crippen LogP contribution in [0.15, 0.2) is 18.2 Å². The highest BCUT2D eigenvalue weighted by atomic mass is 35.5. The molecule has 2 amide bonds. The van der Waals surface area contributed by atoms with Crippen molar-refractivity contribution in [2.45, 2.75) is 26.4 Å². The number of carbonyl (C=O) groups is 2. The van der Waals surface area contributed by atoms with Crippen molar-refractivity contribution in [2.24, 2.45) is 0 Å². The molecule has 1 aromatic carbocycles. The van der Waals surface area contributed by atoms with E-state index in [1.54, 1.807) is 0 Å². The second-order valence-electron chi connectivity index (χ2n) is 4.68. The van der Waals surface area contributed by atoms with Crippen LogP contribution in [0.4, 0.5) is 18.9 Å². The van der Waals surface area contributed by atoms with Crippen molar-refractivity contribution < 1.29 is 22.8 Å². The van der Waals surface area contributed by atoms with Crippen LogP contribution in [-0.2, 0) is 15.8 Å². The summed E-state index contributed by atoms with van der Waals surface area (Å²) in [5.41, 5.74) is -1.42. The van der Waals surface area contributed by atoms with Crippen LogP contribution < -0.4 is 5.32 Å². The minimum absolute atomic E-state index is 0.0818. The molecule has 8 heteroatoms. The van der Waals surface area contributed by atoms with E-state index in [4.69, 9.17) is 11.6 Å². The Balaban J connectivity index is 2.91. The van der Waals surface area contributed by atoms with Gasteiger partial charge in [-0.1, -0.05) is 18.5 Å². The Morgan fingerprint density at radius 2 is 1.95 bits per heavy atom. The highest BCUT2D eigenvalue weighted by Gasteiger charge is 2.34. The van der Waals surface area contributed by atoms with Crippen molar-refractivity contribution in [1.82, 2.24) is 4.90 Å². The summed E-state index contributed by atoms with van der Waals surface area (Å²) < 4.78 is 38.7. The maximum absolute atomic E-state index is 12.9. The van der Waals surface area contributed by atoms with E-state index in [1.807, 2.05) is 6.92 Å². The van der Waals surface area contributed by atoms with Gasteiger partial charge in [-0.2, -0.15) is 13.2 Å². The normalized spacial score (nSPS) is 11.2. The predicted octanol–water partition coefficient (Wildman–Crippen LogP) is 3.56. The Morgan fingerprint density at radius 3 is 2.45 bits per heavy atom. The fourth-order valence-electron chi connectivity index (χ4n) is 1.84. The Hall–Kier alpha value is -1.76. The van der Waals surface area contributed by atoms with Crippen molar-refractivity contribution >= 4 is 29.1 Å². The maximum atomic E-state index is 12.9. The molecule has 0 spiro atoms. The zero-order chi connectivity index (χ0) is 16.9. The first kappa shape index (κ1) is 18.3. The van der Waals surface area contributed by atoms with Gasteiger partial charge in [0.05, 0.1) is 17.8 Å². The number of anilines is 1. The summed E-state index contributed by atoms with van der Waals surface area (Å²) in [4.78, 5) is 24.5. The van der Waals surface area contributed by atoms with E-state index >= 15 is 0 Å². The highest BCUT2D eigenvalue weighted by molar-refractivity contribution is 6.30. The summed E-state index contributed by atoms with van der Waals surface area (Å²) in [6.45, 7) is 3.18. The minimum Gasteiger partial charge on any atom is -0.334 e. The van der Waals surface area contributed by atoms with Gasteiger partial charge in [-0.25, -0.2) is 0 Å². The van der Waals surface area contributed by atoms with Gasteiger partial charge in [-0.3, -0.25) is 9.59 Å². The molecule has 0 saturated heterocycles. The number of hydrogen-bond donors (Lipinski definition) is 1. The van der Waals surface area contributed by atoms with Crippen LogP contribution in [0.1, 0.15) is 25.8 Å². The maximum Gasteiger partial charge on any atom is 0.418 e. The van der Waals surface area contributed by atoms with E-state index in [2.05, 4.69) is 5.32 Å². The van der Waals surface area contributed by atoms with Crippen molar-refractivity contribution in [2.75, 3.05) is 18.4 Å². The lowest BCUT2D eigenvalue weighted by Gasteiger charge is -2.20. The molecule has 0 aliphatic rings. The molecule has 0 saturated carbocycles. The zero-order valence-electron chi connectivity index (χ0n) is 12.1. The van der Waals surface area contributed by atoms with Crippen molar-refractivity contribution in [3.8, 4) is 0 Å². The molecule has 1 N–H and O–H groups in total. The van der Waals surface area contributed by atoms with Crippen molar-refractivity contribution in [3.05, 3.63) is 28.8 Å². The van der Waals surface area contributed by atoms with Crippen LogP contribution in [0.2, 0.25) is 5.02 Å². The number of benzene rings is 1. The third kappa shape index (κ3) is 5.22. The molecule has 0 heterocycles. The van der Waals surface area contributed by atoms with E-state index in [1.165, 1.54) is 17.9 Å². The minimum atomic E-state index is -4.64. The average molecular weight is 337 g/mol. The standard InChI is InChI=1S/C14H16ClF3N2O2/c1-3-6-20(9(2)21)8-13(22)19-12-5-4-10(15)7-11(12)14(16,17)18/h4-5,7H,3,6,8H2,1-2H3,(H,19,22).